The van der Waals surface area contributed by atoms with Crippen LogP contribution in [-0.2, 0) is 24.1 Å². The summed E-state index contributed by atoms with van der Waals surface area (Å²) in [7, 11) is 5.96. The largest absolute Gasteiger partial charge is 0.491 e. The summed E-state index contributed by atoms with van der Waals surface area (Å²) in [5, 5.41) is 22.7. The molecule has 0 heterocycles. The van der Waals surface area contributed by atoms with E-state index in [9.17, 15) is 9.90 Å². The summed E-state index contributed by atoms with van der Waals surface area (Å²) >= 11 is 0. The lowest BCUT2D eigenvalue weighted by atomic mass is 9.88. The number of aliphatic hydroxyl groups is 1. The molecule has 1 atom stereocenters. The molecule has 0 amide bonds. The number of β-amino-alcohol motifs (C(OH)–C–C–N with tert-alkyl or cyclic N) is 1. The van der Waals surface area contributed by atoms with E-state index in [1.807, 2.05) is 0 Å². The first kappa shape index (κ1) is 23.4. The minimum Gasteiger partial charge on any atom is -0.491 e. The molecule has 0 fully saturated rings. The maximum absolute atomic E-state index is 10.8. The standard InChI is InChI=1S/C25H32BNO4/c1-25(2,14-18-11-19-5-3-4-6-20(19)12-18)27-15-21(28)16-31-23-13-17(7-9-22(23)26)8-10-24(29)30/h3-7,9,13,18,21,27-28H,8,10-12,14-16H2,1-2H3,(H,29,30). The SMILES string of the molecule is [B]c1ccc(CCC(=O)O)cc1OCC(O)CNC(C)(C)CC1Cc2ccccc2C1. The highest BCUT2D eigenvalue weighted by Crippen LogP contribution is 2.31. The molecule has 0 bridgehead atoms. The van der Waals surface area contributed by atoms with E-state index in [1.165, 1.54) is 11.1 Å². The van der Waals surface area contributed by atoms with E-state index in [4.69, 9.17) is 17.7 Å². The molecular formula is C25H32BNO4. The van der Waals surface area contributed by atoms with E-state index in [0.717, 1.165) is 24.8 Å². The average molecular weight is 421 g/mol. The lowest BCUT2D eigenvalue weighted by Crippen LogP contribution is -2.46. The molecule has 2 aromatic carbocycles. The van der Waals surface area contributed by atoms with Crippen LogP contribution >= 0.6 is 0 Å². The van der Waals surface area contributed by atoms with Crippen LogP contribution in [0.2, 0.25) is 0 Å². The molecule has 6 heteroatoms. The van der Waals surface area contributed by atoms with Gasteiger partial charge in [0, 0.05) is 18.5 Å². The molecule has 0 aliphatic heterocycles. The molecule has 0 aromatic heterocycles. The van der Waals surface area contributed by atoms with Crippen molar-refractivity contribution in [1.29, 1.82) is 0 Å². The molecule has 164 valence electrons. The molecule has 1 aliphatic rings. The molecule has 2 radical (unpaired) electrons. The Balaban J connectivity index is 1.44. The quantitative estimate of drug-likeness (QED) is 0.486. The Bertz CT molecular complexity index is 874. The van der Waals surface area contributed by atoms with Crippen LogP contribution in [0.15, 0.2) is 42.5 Å². The van der Waals surface area contributed by atoms with Crippen molar-refractivity contribution in [2.45, 2.75) is 57.6 Å². The number of carboxylic acid groups (broad SMARTS) is 1. The highest BCUT2D eigenvalue weighted by Gasteiger charge is 2.28. The first-order chi connectivity index (χ1) is 14.7. The van der Waals surface area contributed by atoms with E-state index >= 15 is 0 Å². The summed E-state index contributed by atoms with van der Waals surface area (Å²) in [5.41, 5.74) is 4.14. The zero-order valence-electron chi connectivity index (χ0n) is 18.4. The molecule has 31 heavy (non-hydrogen) atoms. The zero-order chi connectivity index (χ0) is 22.4. The Morgan fingerprint density at radius 2 is 1.90 bits per heavy atom. The first-order valence-corrected chi connectivity index (χ1v) is 10.9. The number of ether oxygens (including phenoxy) is 1. The number of hydrogen-bond acceptors (Lipinski definition) is 4. The van der Waals surface area contributed by atoms with Gasteiger partial charge < -0.3 is 20.3 Å². The monoisotopic (exact) mass is 421 g/mol. The number of aliphatic carboxylic acids is 1. The van der Waals surface area contributed by atoms with Crippen LogP contribution in [0.25, 0.3) is 0 Å². The van der Waals surface area contributed by atoms with Crippen LogP contribution in [0.5, 0.6) is 5.75 Å². The number of hydrogen-bond donors (Lipinski definition) is 3. The summed E-state index contributed by atoms with van der Waals surface area (Å²) in [6.07, 6.45) is 3.05. The number of carbonyl (C=O) groups is 1. The molecule has 5 nitrogen and oxygen atoms in total. The summed E-state index contributed by atoms with van der Waals surface area (Å²) in [6, 6.07) is 13.9. The molecule has 2 aromatic rings. The number of aliphatic hydroxyl groups excluding tert-OH is 1. The van der Waals surface area contributed by atoms with E-state index in [0.29, 0.717) is 30.1 Å². The second kappa shape index (κ2) is 10.3. The normalized spacial score (nSPS) is 14.9. The number of aryl methyl sites for hydroxylation is 1. The van der Waals surface area contributed by atoms with Crippen molar-refractivity contribution in [3.05, 3.63) is 59.2 Å². The summed E-state index contributed by atoms with van der Waals surface area (Å²) < 4.78 is 5.72. The molecule has 3 rings (SSSR count). The number of carboxylic acids is 1. The maximum Gasteiger partial charge on any atom is 0.303 e. The average Bonchev–Trinajstić information content (AvgIpc) is 3.12. The van der Waals surface area contributed by atoms with E-state index in [2.05, 4.69) is 43.4 Å². The van der Waals surface area contributed by atoms with Gasteiger partial charge >= 0.3 is 5.97 Å². The minimum absolute atomic E-state index is 0.0526. The summed E-state index contributed by atoms with van der Waals surface area (Å²) in [4.78, 5) is 10.8. The van der Waals surface area contributed by atoms with Crippen molar-refractivity contribution in [1.82, 2.24) is 5.32 Å². The fourth-order valence-corrected chi connectivity index (χ4v) is 4.34. The molecule has 0 saturated carbocycles. The van der Waals surface area contributed by atoms with Gasteiger partial charge in [0.05, 0.1) is 0 Å². The van der Waals surface area contributed by atoms with Gasteiger partial charge in [-0.15, -0.1) is 0 Å². The van der Waals surface area contributed by atoms with Gasteiger partial charge in [-0.1, -0.05) is 41.9 Å². The highest BCUT2D eigenvalue weighted by molar-refractivity contribution is 6.34. The number of nitrogens with one attached hydrogen (secondary N) is 1. The first-order valence-electron chi connectivity index (χ1n) is 10.9. The van der Waals surface area contributed by atoms with Crippen molar-refractivity contribution in [3.63, 3.8) is 0 Å². The Kier molecular flexibility index (Phi) is 7.79. The third-order valence-electron chi connectivity index (χ3n) is 5.89. The number of fused-ring (bicyclic) bond motifs is 1. The number of benzene rings is 2. The van der Waals surface area contributed by atoms with Crippen LogP contribution < -0.4 is 15.5 Å². The molecule has 1 aliphatic carbocycles. The Morgan fingerprint density at radius 3 is 2.55 bits per heavy atom. The van der Waals surface area contributed by atoms with Crippen LogP contribution in [0.1, 0.15) is 43.4 Å². The van der Waals surface area contributed by atoms with Crippen LogP contribution in [0.3, 0.4) is 0 Å². The van der Waals surface area contributed by atoms with Gasteiger partial charge in [-0.05, 0) is 68.2 Å². The Hall–Kier alpha value is -2.31. The van der Waals surface area contributed by atoms with E-state index in [1.54, 1.807) is 18.2 Å². The van der Waals surface area contributed by atoms with Crippen molar-refractivity contribution < 1.29 is 19.7 Å². The van der Waals surface area contributed by atoms with Crippen molar-refractivity contribution >= 4 is 19.3 Å². The van der Waals surface area contributed by atoms with Crippen molar-refractivity contribution in [2.24, 2.45) is 5.92 Å². The second-order valence-corrected chi connectivity index (χ2v) is 9.24. The third-order valence-corrected chi connectivity index (χ3v) is 5.89. The smallest absolute Gasteiger partial charge is 0.303 e. The fourth-order valence-electron chi connectivity index (χ4n) is 4.34. The third kappa shape index (κ3) is 7.11. The lowest BCUT2D eigenvalue weighted by molar-refractivity contribution is -0.136. The van der Waals surface area contributed by atoms with Gasteiger partial charge in [-0.3, -0.25) is 4.79 Å². The van der Waals surface area contributed by atoms with Crippen molar-refractivity contribution in [2.75, 3.05) is 13.2 Å². The summed E-state index contributed by atoms with van der Waals surface area (Å²) in [5.74, 6) is 0.247. The predicted molar refractivity (Wildman–Crippen MR) is 123 cm³/mol. The summed E-state index contributed by atoms with van der Waals surface area (Å²) in [6.45, 7) is 4.89. The van der Waals surface area contributed by atoms with E-state index < -0.39 is 12.1 Å². The zero-order valence-corrected chi connectivity index (χ0v) is 18.4. The van der Waals surface area contributed by atoms with E-state index in [-0.39, 0.29) is 18.6 Å². The Labute approximate surface area is 186 Å². The minimum atomic E-state index is -0.843. The van der Waals surface area contributed by atoms with Gasteiger partial charge in [-0.25, -0.2) is 0 Å². The van der Waals surface area contributed by atoms with Gasteiger partial charge in [0.15, 0.2) is 0 Å². The molecule has 1 unspecified atom stereocenters. The molecule has 0 spiro atoms. The Morgan fingerprint density at radius 1 is 1.23 bits per heavy atom. The van der Waals surface area contributed by atoms with Gasteiger partial charge in [-0.2, -0.15) is 0 Å². The van der Waals surface area contributed by atoms with Crippen LogP contribution in [0.4, 0.5) is 0 Å². The maximum atomic E-state index is 10.8. The molecular weight excluding hydrogens is 389 g/mol. The van der Waals surface area contributed by atoms with Crippen LogP contribution in [-0.4, -0.2) is 48.8 Å². The lowest BCUT2D eigenvalue weighted by Gasteiger charge is -2.30. The fraction of sp³-hybridized carbons (Fsp3) is 0.480. The van der Waals surface area contributed by atoms with Gasteiger partial charge in [0.2, 0.25) is 0 Å². The molecule has 3 N–H and O–H groups in total. The van der Waals surface area contributed by atoms with Gasteiger partial charge in [0.1, 0.15) is 26.3 Å². The molecule has 0 saturated heterocycles. The van der Waals surface area contributed by atoms with Crippen LogP contribution in [0, 0.1) is 5.92 Å². The predicted octanol–water partition coefficient (Wildman–Crippen LogP) is 2.41. The topological polar surface area (TPSA) is 78.8 Å². The number of rotatable bonds is 11. The van der Waals surface area contributed by atoms with Gasteiger partial charge in [0.25, 0.3) is 0 Å². The highest BCUT2D eigenvalue weighted by atomic mass is 16.5. The second-order valence-electron chi connectivity index (χ2n) is 9.24. The van der Waals surface area contributed by atoms with Crippen molar-refractivity contribution in [3.8, 4) is 5.75 Å².